The number of nitrogens with one attached hydrogen (secondary N) is 2. The number of urea groups is 1. The van der Waals surface area contributed by atoms with Gasteiger partial charge in [-0.3, -0.25) is 0 Å². The minimum atomic E-state index is -0.179. The van der Waals surface area contributed by atoms with Gasteiger partial charge in [-0.05, 0) is 58.8 Å². The molecule has 2 rings (SSSR count). The molecule has 0 aliphatic rings. The molecule has 1 unspecified atom stereocenters. The van der Waals surface area contributed by atoms with Gasteiger partial charge in [-0.25, -0.2) is 4.79 Å². The first-order valence-corrected chi connectivity index (χ1v) is 7.65. The second-order valence-electron chi connectivity index (χ2n) is 4.48. The van der Waals surface area contributed by atoms with Crippen LogP contribution in [0.2, 0.25) is 0 Å². The van der Waals surface area contributed by atoms with Crippen LogP contribution < -0.4 is 10.6 Å². The molecule has 0 spiro atoms. The second-order valence-corrected chi connectivity index (χ2v) is 5.72. The normalized spacial score (nSPS) is 11.7. The molecule has 0 aliphatic carbocycles. The lowest BCUT2D eigenvalue weighted by molar-refractivity contribution is 0.248. The Morgan fingerprint density at radius 2 is 1.75 bits per heavy atom. The van der Waals surface area contributed by atoms with E-state index in [9.17, 15) is 4.79 Å². The predicted molar refractivity (Wildman–Crippen MR) is 90.8 cm³/mol. The van der Waals surface area contributed by atoms with Gasteiger partial charge in [-0.1, -0.05) is 37.3 Å². The van der Waals surface area contributed by atoms with Gasteiger partial charge in [0.15, 0.2) is 0 Å². The summed E-state index contributed by atoms with van der Waals surface area (Å²) in [5.74, 6) is 0. The number of rotatable bonds is 4. The van der Waals surface area contributed by atoms with Crippen molar-refractivity contribution in [3.63, 3.8) is 0 Å². The molecule has 0 fully saturated rings. The summed E-state index contributed by atoms with van der Waals surface area (Å²) >= 11 is 2.24. The number of anilines is 1. The van der Waals surface area contributed by atoms with E-state index >= 15 is 0 Å². The fourth-order valence-corrected chi connectivity index (χ4v) is 2.32. The lowest BCUT2D eigenvalue weighted by Gasteiger charge is -2.18. The molecular weight excluding hydrogens is 363 g/mol. The van der Waals surface area contributed by atoms with Crippen LogP contribution in [0, 0.1) is 3.57 Å². The van der Waals surface area contributed by atoms with Crippen molar-refractivity contribution in [3.8, 4) is 0 Å². The number of hydrogen-bond donors (Lipinski definition) is 2. The van der Waals surface area contributed by atoms with Gasteiger partial charge in [-0.2, -0.15) is 0 Å². The Kier molecular flexibility index (Phi) is 5.40. The summed E-state index contributed by atoms with van der Waals surface area (Å²) in [6, 6.07) is 17.6. The summed E-state index contributed by atoms with van der Waals surface area (Å²) in [5, 5.41) is 5.84. The largest absolute Gasteiger partial charge is 0.331 e. The van der Waals surface area contributed by atoms with Crippen molar-refractivity contribution < 1.29 is 4.79 Å². The number of carbonyl (C=O) groups is 1. The van der Waals surface area contributed by atoms with Crippen LogP contribution in [0.4, 0.5) is 10.5 Å². The molecule has 0 aromatic heterocycles. The SMILES string of the molecule is CCC(NC(=O)Nc1ccc(I)cc1)c1ccccc1. The van der Waals surface area contributed by atoms with Gasteiger partial charge in [0.1, 0.15) is 0 Å². The molecule has 4 heteroatoms. The summed E-state index contributed by atoms with van der Waals surface area (Å²) < 4.78 is 1.14. The van der Waals surface area contributed by atoms with Crippen LogP contribution in [0.3, 0.4) is 0 Å². The second kappa shape index (κ2) is 7.28. The van der Waals surface area contributed by atoms with E-state index in [0.717, 1.165) is 21.2 Å². The van der Waals surface area contributed by atoms with Crippen LogP contribution in [0.25, 0.3) is 0 Å². The monoisotopic (exact) mass is 380 g/mol. The van der Waals surface area contributed by atoms with Gasteiger partial charge in [0.05, 0.1) is 6.04 Å². The molecule has 0 heterocycles. The first kappa shape index (κ1) is 14.8. The van der Waals surface area contributed by atoms with E-state index in [2.05, 4.69) is 40.1 Å². The highest BCUT2D eigenvalue weighted by Gasteiger charge is 2.12. The highest BCUT2D eigenvalue weighted by molar-refractivity contribution is 14.1. The van der Waals surface area contributed by atoms with Crippen molar-refractivity contribution in [2.75, 3.05) is 5.32 Å². The van der Waals surface area contributed by atoms with Crippen molar-refractivity contribution in [1.29, 1.82) is 0 Å². The van der Waals surface area contributed by atoms with Gasteiger partial charge in [0, 0.05) is 9.26 Å². The van der Waals surface area contributed by atoms with Crippen LogP contribution >= 0.6 is 22.6 Å². The van der Waals surface area contributed by atoms with Crippen molar-refractivity contribution >= 4 is 34.3 Å². The Morgan fingerprint density at radius 3 is 2.35 bits per heavy atom. The fourth-order valence-electron chi connectivity index (χ4n) is 1.97. The predicted octanol–water partition coefficient (Wildman–Crippen LogP) is 4.56. The van der Waals surface area contributed by atoms with Crippen molar-refractivity contribution in [3.05, 3.63) is 63.7 Å². The number of hydrogen-bond acceptors (Lipinski definition) is 1. The Morgan fingerprint density at radius 1 is 1.10 bits per heavy atom. The summed E-state index contributed by atoms with van der Waals surface area (Å²) in [6.45, 7) is 2.06. The van der Waals surface area contributed by atoms with E-state index < -0.39 is 0 Å². The fraction of sp³-hybridized carbons (Fsp3) is 0.188. The van der Waals surface area contributed by atoms with Crippen LogP contribution in [0.5, 0.6) is 0 Å². The zero-order chi connectivity index (χ0) is 14.4. The van der Waals surface area contributed by atoms with Crippen molar-refractivity contribution in [2.45, 2.75) is 19.4 Å². The molecule has 0 radical (unpaired) electrons. The molecule has 2 amide bonds. The van der Waals surface area contributed by atoms with Crippen LogP contribution in [-0.2, 0) is 0 Å². The van der Waals surface area contributed by atoms with E-state index in [1.807, 2.05) is 54.6 Å². The van der Waals surface area contributed by atoms with E-state index in [1.165, 1.54) is 0 Å². The Balaban J connectivity index is 1.97. The molecule has 2 aromatic carbocycles. The third kappa shape index (κ3) is 4.23. The highest BCUT2D eigenvalue weighted by atomic mass is 127. The van der Waals surface area contributed by atoms with Gasteiger partial charge >= 0.3 is 6.03 Å². The van der Waals surface area contributed by atoms with Gasteiger partial charge < -0.3 is 10.6 Å². The average Bonchev–Trinajstić information content (AvgIpc) is 2.48. The van der Waals surface area contributed by atoms with Crippen molar-refractivity contribution in [2.24, 2.45) is 0 Å². The Bertz CT molecular complexity index is 554. The maximum Gasteiger partial charge on any atom is 0.319 e. The molecule has 0 aliphatic heterocycles. The van der Waals surface area contributed by atoms with Crippen molar-refractivity contribution in [1.82, 2.24) is 5.32 Å². The van der Waals surface area contributed by atoms with Gasteiger partial charge in [0.2, 0.25) is 0 Å². The summed E-state index contributed by atoms with van der Waals surface area (Å²) in [6.07, 6.45) is 0.851. The number of amides is 2. The van der Waals surface area contributed by atoms with Crippen LogP contribution in [0.1, 0.15) is 24.9 Å². The molecule has 0 bridgehead atoms. The summed E-state index contributed by atoms with van der Waals surface area (Å²) in [7, 11) is 0. The maximum atomic E-state index is 12.0. The maximum absolute atomic E-state index is 12.0. The van der Waals surface area contributed by atoms with E-state index in [4.69, 9.17) is 0 Å². The molecule has 2 aromatic rings. The van der Waals surface area contributed by atoms with Crippen LogP contribution in [-0.4, -0.2) is 6.03 Å². The minimum absolute atomic E-state index is 0.0278. The standard InChI is InChI=1S/C16H17IN2O/c1-2-15(12-6-4-3-5-7-12)19-16(20)18-14-10-8-13(17)9-11-14/h3-11,15H,2H2,1H3,(H2,18,19,20). The van der Waals surface area contributed by atoms with E-state index in [1.54, 1.807) is 0 Å². The van der Waals surface area contributed by atoms with Gasteiger partial charge in [0.25, 0.3) is 0 Å². The Labute approximate surface area is 132 Å². The van der Waals surface area contributed by atoms with E-state index in [-0.39, 0.29) is 12.1 Å². The highest BCUT2D eigenvalue weighted by Crippen LogP contribution is 2.16. The first-order chi connectivity index (χ1) is 9.69. The number of halogens is 1. The minimum Gasteiger partial charge on any atom is -0.331 e. The van der Waals surface area contributed by atoms with Gasteiger partial charge in [-0.15, -0.1) is 0 Å². The third-order valence-electron chi connectivity index (χ3n) is 3.02. The average molecular weight is 380 g/mol. The third-order valence-corrected chi connectivity index (χ3v) is 3.74. The summed E-state index contributed by atoms with van der Waals surface area (Å²) in [5.41, 5.74) is 1.92. The van der Waals surface area contributed by atoms with E-state index in [0.29, 0.717) is 0 Å². The topological polar surface area (TPSA) is 41.1 Å². The zero-order valence-corrected chi connectivity index (χ0v) is 13.4. The molecule has 20 heavy (non-hydrogen) atoms. The smallest absolute Gasteiger partial charge is 0.319 e. The molecule has 104 valence electrons. The summed E-state index contributed by atoms with van der Waals surface area (Å²) in [4.78, 5) is 12.0. The molecule has 3 nitrogen and oxygen atoms in total. The molecular formula is C16H17IN2O. The first-order valence-electron chi connectivity index (χ1n) is 6.57. The quantitative estimate of drug-likeness (QED) is 0.750. The number of carbonyl (C=O) groups excluding carboxylic acids is 1. The molecule has 2 N–H and O–H groups in total. The molecule has 1 atom stereocenters. The lowest BCUT2D eigenvalue weighted by atomic mass is 10.1. The number of benzene rings is 2. The lowest BCUT2D eigenvalue weighted by Crippen LogP contribution is -2.32. The molecule has 0 saturated carbocycles. The molecule has 0 saturated heterocycles. The zero-order valence-electron chi connectivity index (χ0n) is 11.3. The Hall–Kier alpha value is -1.56. The van der Waals surface area contributed by atoms with Crippen LogP contribution in [0.15, 0.2) is 54.6 Å².